The molecule has 2 aliphatic rings. The van der Waals surface area contributed by atoms with Crippen LogP contribution in [0.4, 0.5) is 11.4 Å². The molecule has 0 spiro atoms. The maximum absolute atomic E-state index is 5.57. The molecule has 182 valence electrons. The van der Waals surface area contributed by atoms with Crippen LogP contribution in [-0.2, 0) is 26.2 Å². The number of ether oxygens (including phenoxy) is 2. The number of hydrogen-bond acceptors (Lipinski definition) is 5. The van der Waals surface area contributed by atoms with Crippen molar-refractivity contribution in [3.63, 3.8) is 0 Å². The Hall–Kier alpha value is -3.96. The molecule has 5 nitrogen and oxygen atoms in total. The van der Waals surface area contributed by atoms with Crippen LogP contribution in [0.1, 0.15) is 22.3 Å². The monoisotopic (exact) mass is 477 g/mol. The smallest absolute Gasteiger partial charge is 0.161 e. The van der Waals surface area contributed by atoms with E-state index in [-0.39, 0.29) is 6.29 Å². The zero-order valence-corrected chi connectivity index (χ0v) is 20.8. The Bertz CT molecular complexity index is 1240. The van der Waals surface area contributed by atoms with Crippen LogP contribution in [0.2, 0.25) is 0 Å². The van der Waals surface area contributed by atoms with Gasteiger partial charge in [-0.3, -0.25) is 4.90 Å². The van der Waals surface area contributed by atoms with E-state index in [1.165, 1.54) is 33.6 Å². The third-order valence-corrected chi connectivity index (χ3v) is 7.21. The van der Waals surface area contributed by atoms with Crippen LogP contribution in [0.15, 0.2) is 97.1 Å². The highest BCUT2D eigenvalue weighted by molar-refractivity contribution is 5.70. The lowest BCUT2D eigenvalue weighted by molar-refractivity contribution is 0.154. The van der Waals surface area contributed by atoms with Crippen molar-refractivity contribution in [3.8, 4) is 11.5 Å². The first kappa shape index (κ1) is 22.5. The van der Waals surface area contributed by atoms with Gasteiger partial charge >= 0.3 is 0 Å². The first-order chi connectivity index (χ1) is 17.7. The Morgan fingerprint density at radius 3 is 1.50 bits per heavy atom. The Morgan fingerprint density at radius 1 is 0.639 bits per heavy atom. The van der Waals surface area contributed by atoms with E-state index in [9.17, 15) is 0 Å². The highest BCUT2D eigenvalue weighted by Crippen LogP contribution is 2.44. The van der Waals surface area contributed by atoms with Gasteiger partial charge in [-0.05, 0) is 58.7 Å². The number of benzene rings is 4. The summed E-state index contributed by atoms with van der Waals surface area (Å²) in [5.74, 6) is 1.79. The van der Waals surface area contributed by atoms with Gasteiger partial charge in [-0.15, -0.1) is 0 Å². The van der Waals surface area contributed by atoms with Gasteiger partial charge in [-0.1, -0.05) is 60.7 Å². The van der Waals surface area contributed by atoms with E-state index < -0.39 is 0 Å². The standard InChI is InChI=1S/C31H31N3O2/c1-35-27-13-15-29-25(17-27)21-33-30-16-14-28(36-2)18-26(30)22-34(29)31(33)32(19-23-9-5-3-6-10-23)20-24-11-7-4-8-12-24/h3-18,31H,19-22H2,1-2H3. The predicted molar refractivity (Wildman–Crippen MR) is 144 cm³/mol. The lowest BCUT2D eigenvalue weighted by atomic mass is 9.99. The molecule has 0 saturated carbocycles. The Balaban J connectivity index is 1.46. The second-order valence-corrected chi connectivity index (χ2v) is 9.47. The van der Waals surface area contributed by atoms with Gasteiger partial charge < -0.3 is 19.3 Å². The van der Waals surface area contributed by atoms with E-state index in [1.54, 1.807) is 14.2 Å². The molecule has 6 rings (SSSR count). The van der Waals surface area contributed by atoms with Crippen molar-refractivity contribution >= 4 is 11.4 Å². The predicted octanol–water partition coefficient (Wildman–Crippen LogP) is 6.03. The Kier molecular flexibility index (Phi) is 5.99. The van der Waals surface area contributed by atoms with Gasteiger partial charge in [0.2, 0.25) is 0 Å². The van der Waals surface area contributed by atoms with Gasteiger partial charge in [0.15, 0.2) is 6.29 Å². The second-order valence-electron chi connectivity index (χ2n) is 9.47. The van der Waals surface area contributed by atoms with Gasteiger partial charge in [-0.2, -0.15) is 0 Å². The summed E-state index contributed by atoms with van der Waals surface area (Å²) in [6.07, 6.45) is 0.0761. The number of fused-ring (bicyclic) bond motifs is 6. The quantitative estimate of drug-likeness (QED) is 0.324. The molecule has 0 atom stereocenters. The van der Waals surface area contributed by atoms with Crippen LogP contribution in [0.5, 0.6) is 11.5 Å². The normalized spacial score (nSPS) is 14.4. The van der Waals surface area contributed by atoms with Crippen molar-refractivity contribution in [2.75, 3.05) is 24.0 Å². The number of methoxy groups -OCH3 is 2. The molecule has 2 heterocycles. The maximum Gasteiger partial charge on any atom is 0.161 e. The first-order valence-electron chi connectivity index (χ1n) is 12.4. The largest absolute Gasteiger partial charge is 0.497 e. The number of anilines is 2. The molecule has 5 heteroatoms. The fourth-order valence-electron chi connectivity index (χ4n) is 5.56. The van der Waals surface area contributed by atoms with Gasteiger partial charge in [0.25, 0.3) is 0 Å². The zero-order valence-electron chi connectivity index (χ0n) is 20.8. The summed E-state index contributed by atoms with van der Waals surface area (Å²) < 4.78 is 11.1. The van der Waals surface area contributed by atoms with Crippen LogP contribution in [0, 0.1) is 0 Å². The van der Waals surface area contributed by atoms with Crippen molar-refractivity contribution < 1.29 is 9.47 Å². The molecule has 2 aliphatic heterocycles. The molecule has 2 bridgehead atoms. The van der Waals surface area contributed by atoms with E-state index in [0.717, 1.165) is 37.7 Å². The molecular formula is C31H31N3O2. The summed E-state index contributed by atoms with van der Waals surface area (Å²) in [7, 11) is 3.47. The van der Waals surface area contributed by atoms with Gasteiger partial charge in [0, 0.05) is 37.6 Å². The topological polar surface area (TPSA) is 28.2 Å². The molecule has 0 saturated heterocycles. The number of rotatable bonds is 7. The minimum Gasteiger partial charge on any atom is -0.497 e. The first-order valence-corrected chi connectivity index (χ1v) is 12.4. The zero-order chi connectivity index (χ0) is 24.5. The molecule has 0 aliphatic carbocycles. The van der Waals surface area contributed by atoms with Crippen molar-refractivity contribution in [1.29, 1.82) is 0 Å². The molecule has 36 heavy (non-hydrogen) atoms. The van der Waals surface area contributed by atoms with Crippen LogP contribution in [0.3, 0.4) is 0 Å². The molecule has 0 aromatic heterocycles. The molecule has 4 aromatic carbocycles. The van der Waals surface area contributed by atoms with Crippen LogP contribution >= 0.6 is 0 Å². The SMILES string of the molecule is COc1ccc2c(c1)CN1c3ccc(OC)cc3CN2C1N(Cc1ccccc1)Cc1ccccc1. The number of nitrogens with zero attached hydrogens (tertiary/aromatic N) is 3. The fraction of sp³-hybridized carbons (Fsp3) is 0.226. The number of hydrogen-bond donors (Lipinski definition) is 0. The minimum atomic E-state index is 0.0761. The molecule has 0 N–H and O–H groups in total. The van der Waals surface area contributed by atoms with E-state index in [0.29, 0.717) is 0 Å². The van der Waals surface area contributed by atoms with Crippen LogP contribution in [0.25, 0.3) is 0 Å². The van der Waals surface area contributed by atoms with Gasteiger partial charge in [0.1, 0.15) is 11.5 Å². The summed E-state index contributed by atoms with van der Waals surface area (Å²) in [5, 5.41) is 0. The van der Waals surface area contributed by atoms with Gasteiger partial charge in [-0.25, -0.2) is 0 Å². The third kappa shape index (κ3) is 4.16. The van der Waals surface area contributed by atoms with Crippen molar-refractivity contribution in [3.05, 3.63) is 119 Å². The van der Waals surface area contributed by atoms with E-state index >= 15 is 0 Å². The summed E-state index contributed by atoms with van der Waals surface area (Å²) in [4.78, 5) is 7.66. The summed E-state index contributed by atoms with van der Waals surface area (Å²) in [6.45, 7) is 3.33. The van der Waals surface area contributed by atoms with Crippen molar-refractivity contribution in [2.45, 2.75) is 32.5 Å². The third-order valence-electron chi connectivity index (χ3n) is 7.21. The summed E-state index contributed by atoms with van der Waals surface area (Å²) in [6, 6.07) is 34.5. The maximum atomic E-state index is 5.57. The van der Waals surface area contributed by atoms with Crippen LogP contribution < -0.4 is 19.3 Å². The van der Waals surface area contributed by atoms with Crippen LogP contribution in [-0.4, -0.2) is 25.4 Å². The highest BCUT2D eigenvalue weighted by atomic mass is 16.5. The van der Waals surface area contributed by atoms with Crippen molar-refractivity contribution in [2.24, 2.45) is 0 Å². The van der Waals surface area contributed by atoms with E-state index in [1.807, 2.05) is 0 Å². The Morgan fingerprint density at radius 2 is 1.08 bits per heavy atom. The molecular weight excluding hydrogens is 446 g/mol. The molecule has 0 fully saturated rings. The summed E-state index contributed by atoms with van der Waals surface area (Å²) >= 11 is 0. The minimum absolute atomic E-state index is 0.0761. The fourth-order valence-corrected chi connectivity index (χ4v) is 5.56. The second kappa shape index (κ2) is 9.59. The molecule has 0 amide bonds. The van der Waals surface area contributed by atoms with Crippen molar-refractivity contribution in [1.82, 2.24) is 4.90 Å². The molecule has 0 radical (unpaired) electrons. The average Bonchev–Trinajstić information content (AvgIpc) is 2.93. The molecule has 0 unspecified atom stereocenters. The lowest BCUT2D eigenvalue weighted by Gasteiger charge is -2.55. The average molecular weight is 478 g/mol. The van der Waals surface area contributed by atoms with E-state index in [2.05, 4.69) is 112 Å². The summed E-state index contributed by atoms with van der Waals surface area (Å²) in [5.41, 5.74) is 7.71. The van der Waals surface area contributed by atoms with E-state index in [4.69, 9.17) is 9.47 Å². The molecule has 4 aromatic rings. The van der Waals surface area contributed by atoms with Gasteiger partial charge in [0.05, 0.1) is 14.2 Å². The Labute approximate surface area is 213 Å². The highest BCUT2D eigenvalue weighted by Gasteiger charge is 2.41. The lowest BCUT2D eigenvalue weighted by Crippen LogP contribution is -2.62.